The zero-order valence-electron chi connectivity index (χ0n) is 11.5. The van der Waals surface area contributed by atoms with Gasteiger partial charge in [0.25, 0.3) is 0 Å². The molecule has 0 bridgehead atoms. The van der Waals surface area contributed by atoms with Crippen LogP contribution in [0, 0.1) is 11.6 Å². The zero-order valence-corrected chi connectivity index (χ0v) is 11.5. The molecule has 0 aliphatic heterocycles. The lowest BCUT2D eigenvalue weighted by molar-refractivity contribution is 0.385. The number of hydrogen-bond donors (Lipinski definition) is 1. The van der Waals surface area contributed by atoms with Crippen molar-refractivity contribution >= 4 is 0 Å². The summed E-state index contributed by atoms with van der Waals surface area (Å²) in [5.41, 5.74) is 1.93. The molecular weight excluding hydrogens is 260 g/mol. The highest BCUT2D eigenvalue weighted by atomic mass is 19.1. The van der Waals surface area contributed by atoms with Gasteiger partial charge in [0.2, 0.25) is 0 Å². The molecule has 0 saturated carbocycles. The minimum absolute atomic E-state index is 0.00922. The molecule has 0 aromatic heterocycles. The monoisotopic (exact) mass is 277 g/mol. The van der Waals surface area contributed by atoms with Gasteiger partial charge in [-0.25, -0.2) is 8.78 Å². The van der Waals surface area contributed by atoms with Crippen LogP contribution < -0.4 is 10.1 Å². The molecule has 0 spiro atoms. The largest absolute Gasteiger partial charge is 0.494 e. The molecule has 2 aromatic carbocycles. The van der Waals surface area contributed by atoms with E-state index in [0.29, 0.717) is 6.42 Å². The van der Waals surface area contributed by atoms with Crippen LogP contribution in [0.3, 0.4) is 0 Å². The standard InChI is InChI=1S/C16H17F2NO/c1-19-15(9-11-3-6-13(17)7-4-11)12-5-8-14(18)16(10-12)20-2/h3-8,10,15,19H,9H2,1-2H3. The van der Waals surface area contributed by atoms with E-state index in [1.54, 1.807) is 24.3 Å². The molecule has 1 unspecified atom stereocenters. The van der Waals surface area contributed by atoms with Crippen LogP contribution in [0.25, 0.3) is 0 Å². The van der Waals surface area contributed by atoms with Gasteiger partial charge in [-0.05, 0) is 48.9 Å². The van der Waals surface area contributed by atoms with Gasteiger partial charge in [-0.15, -0.1) is 0 Å². The number of methoxy groups -OCH3 is 1. The fourth-order valence-corrected chi connectivity index (χ4v) is 2.14. The first-order valence-electron chi connectivity index (χ1n) is 6.39. The summed E-state index contributed by atoms with van der Waals surface area (Å²) >= 11 is 0. The summed E-state index contributed by atoms with van der Waals surface area (Å²) in [6, 6.07) is 11.2. The Morgan fingerprint density at radius 1 is 1.10 bits per heavy atom. The maximum Gasteiger partial charge on any atom is 0.165 e. The third-order valence-corrected chi connectivity index (χ3v) is 3.28. The second kappa shape index (κ2) is 6.48. The average Bonchev–Trinajstić information content (AvgIpc) is 2.47. The van der Waals surface area contributed by atoms with Crippen molar-refractivity contribution < 1.29 is 13.5 Å². The number of hydrogen-bond acceptors (Lipinski definition) is 2. The van der Waals surface area contributed by atoms with Gasteiger partial charge in [0.1, 0.15) is 5.82 Å². The highest BCUT2D eigenvalue weighted by Crippen LogP contribution is 2.24. The van der Waals surface area contributed by atoms with Crippen LogP contribution in [0.15, 0.2) is 42.5 Å². The van der Waals surface area contributed by atoms with Crippen molar-refractivity contribution in [2.45, 2.75) is 12.5 Å². The number of benzene rings is 2. The highest BCUT2D eigenvalue weighted by Gasteiger charge is 2.13. The predicted octanol–water partition coefficient (Wildman–Crippen LogP) is 3.48. The topological polar surface area (TPSA) is 21.3 Å². The number of rotatable bonds is 5. The minimum Gasteiger partial charge on any atom is -0.494 e. The third kappa shape index (κ3) is 3.33. The van der Waals surface area contributed by atoms with Gasteiger partial charge >= 0.3 is 0 Å². The van der Waals surface area contributed by atoms with Crippen molar-refractivity contribution in [2.75, 3.05) is 14.2 Å². The van der Waals surface area contributed by atoms with Crippen LogP contribution in [0.2, 0.25) is 0 Å². The fourth-order valence-electron chi connectivity index (χ4n) is 2.14. The van der Waals surface area contributed by atoms with Gasteiger partial charge in [-0.2, -0.15) is 0 Å². The van der Waals surface area contributed by atoms with Crippen LogP contribution in [-0.4, -0.2) is 14.2 Å². The lowest BCUT2D eigenvalue weighted by Crippen LogP contribution is -2.19. The molecule has 1 atom stereocenters. The van der Waals surface area contributed by atoms with Crippen LogP contribution in [-0.2, 0) is 6.42 Å². The summed E-state index contributed by atoms with van der Waals surface area (Å²) in [6.07, 6.45) is 0.686. The smallest absolute Gasteiger partial charge is 0.165 e. The summed E-state index contributed by atoms with van der Waals surface area (Å²) in [5.74, 6) is -0.409. The lowest BCUT2D eigenvalue weighted by atomic mass is 9.98. The average molecular weight is 277 g/mol. The van der Waals surface area contributed by atoms with Crippen molar-refractivity contribution in [3.8, 4) is 5.75 Å². The quantitative estimate of drug-likeness (QED) is 0.903. The molecule has 2 rings (SSSR count). The Bertz CT molecular complexity index is 569. The molecule has 2 nitrogen and oxygen atoms in total. The first-order valence-corrected chi connectivity index (χ1v) is 6.39. The molecule has 0 heterocycles. The van der Waals surface area contributed by atoms with Gasteiger partial charge in [-0.3, -0.25) is 0 Å². The van der Waals surface area contributed by atoms with Gasteiger partial charge < -0.3 is 10.1 Å². The SMILES string of the molecule is CNC(Cc1ccc(F)cc1)c1ccc(F)c(OC)c1. The molecule has 20 heavy (non-hydrogen) atoms. The van der Waals surface area contributed by atoms with Crippen LogP contribution >= 0.6 is 0 Å². The summed E-state index contributed by atoms with van der Waals surface area (Å²) in [7, 11) is 3.28. The number of likely N-dealkylation sites (N-methyl/N-ethyl adjacent to an activating group) is 1. The molecule has 4 heteroatoms. The Morgan fingerprint density at radius 2 is 1.80 bits per heavy atom. The van der Waals surface area contributed by atoms with Crippen molar-refractivity contribution in [2.24, 2.45) is 0 Å². The van der Waals surface area contributed by atoms with Crippen LogP contribution in [0.1, 0.15) is 17.2 Å². The van der Waals surface area contributed by atoms with E-state index in [2.05, 4.69) is 5.32 Å². The van der Waals surface area contributed by atoms with E-state index in [9.17, 15) is 8.78 Å². The van der Waals surface area contributed by atoms with E-state index in [0.717, 1.165) is 11.1 Å². The summed E-state index contributed by atoms with van der Waals surface area (Å²) in [6.45, 7) is 0. The Balaban J connectivity index is 2.21. The Labute approximate surface area is 117 Å². The maximum atomic E-state index is 13.4. The third-order valence-electron chi connectivity index (χ3n) is 3.28. The molecule has 106 valence electrons. The molecule has 0 radical (unpaired) electrons. The minimum atomic E-state index is -0.382. The molecular formula is C16H17F2NO. The Kier molecular flexibility index (Phi) is 4.69. The summed E-state index contributed by atoms with van der Waals surface area (Å²) < 4.78 is 31.3. The normalized spacial score (nSPS) is 12.2. The van der Waals surface area contributed by atoms with Crippen LogP contribution in [0.4, 0.5) is 8.78 Å². The van der Waals surface area contributed by atoms with Crippen molar-refractivity contribution in [3.63, 3.8) is 0 Å². The molecule has 0 aliphatic rings. The molecule has 0 aliphatic carbocycles. The van der Waals surface area contributed by atoms with E-state index in [1.165, 1.54) is 25.3 Å². The second-order valence-electron chi connectivity index (χ2n) is 4.57. The number of ether oxygens (including phenoxy) is 1. The molecule has 2 aromatic rings. The first-order chi connectivity index (χ1) is 9.63. The summed E-state index contributed by atoms with van der Waals surface area (Å²) in [4.78, 5) is 0. The predicted molar refractivity (Wildman–Crippen MR) is 74.9 cm³/mol. The highest BCUT2D eigenvalue weighted by molar-refractivity contribution is 5.33. The zero-order chi connectivity index (χ0) is 14.5. The van der Waals surface area contributed by atoms with Crippen LogP contribution in [0.5, 0.6) is 5.75 Å². The molecule has 1 N–H and O–H groups in total. The fraction of sp³-hybridized carbons (Fsp3) is 0.250. The number of nitrogens with one attached hydrogen (secondary N) is 1. The van der Waals surface area contributed by atoms with E-state index >= 15 is 0 Å². The van der Waals surface area contributed by atoms with Gasteiger partial charge in [0.15, 0.2) is 11.6 Å². The Hall–Kier alpha value is -1.94. The van der Waals surface area contributed by atoms with Crippen molar-refractivity contribution in [1.29, 1.82) is 0 Å². The van der Waals surface area contributed by atoms with Gasteiger partial charge in [-0.1, -0.05) is 18.2 Å². The van der Waals surface area contributed by atoms with Crippen molar-refractivity contribution in [1.82, 2.24) is 5.32 Å². The second-order valence-corrected chi connectivity index (χ2v) is 4.57. The first kappa shape index (κ1) is 14.5. The molecule has 0 amide bonds. The van der Waals surface area contributed by atoms with E-state index < -0.39 is 0 Å². The van der Waals surface area contributed by atoms with Crippen molar-refractivity contribution in [3.05, 3.63) is 65.2 Å². The summed E-state index contributed by atoms with van der Waals surface area (Å²) in [5, 5.41) is 3.18. The Morgan fingerprint density at radius 3 is 2.40 bits per heavy atom. The van der Waals surface area contributed by atoms with E-state index in [1.807, 2.05) is 7.05 Å². The van der Waals surface area contributed by atoms with E-state index in [4.69, 9.17) is 4.74 Å². The van der Waals surface area contributed by atoms with E-state index in [-0.39, 0.29) is 23.4 Å². The maximum absolute atomic E-state index is 13.4. The van der Waals surface area contributed by atoms with Gasteiger partial charge in [0.05, 0.1) is 7.11 Å². The lowest BCUT2D eigenvalue weighted by Gasteiger charge is -2.18. The number of halogens is 2. The molecule has 0 fully saturated rings. The van der Waals surface area contributed by atoms with Gasteiger partial charge in [0, 0.05) is 6.04 Å². The molecule has 0 saturated heterocycles.